The largest absolute Gasteiger partial charge is 0.467 e. The molecule has 0 saturated heterocycles. The number of hydrogen-bond donors (Lipinski definition) is 2. The number of nitrogens with zero attached hydrogens (tertiary/aromatic N) is 3. The van der Waals surface area contributed by atoms with Crippen LogP contribution in [0.2, 0.25) is 0 Å². The second kappa shape index (κ2) is 4.83. The van der Waals surface area contributed by atoms with Crippen molar-refractivity contribution < 1.29 is 4.74 Å². The van der Waals surface area contributed by atoms with Crippen LogP contribution in [0.5, 0.6) is 6.01 Å². The summed E-state index contributed by atoms with van der Waals surface area (Å²) in [5, 5.41) is 0.599. The van der Waals surface area contributed by atoms with Gasteiger partial charge in [0.1, 0.15) is 0 Å². The quantitative estimate of drug-likeness (QED) is 0.411. The Kier molecular flexibility index (Phi) is 3.71. The van der Waals surface area contributed by atoms with Crippen LogP contribution in [0.3, 0.4) is 0 Å². The highest BCUT2D eigenvalue weighted by molar-refractivity contribution is 7.99. The van der Waals surface area contributed by atoms with E-state index < -0.39 is 0 Å². The first-order chi connectivity index (χ1) is 6.30. The summed E-state index contributed by atoms with van der Waals surface area (Å²) < 4.78 is 4.87. The lowest BCUT2D eigenvalue weighted by atomic mass is 10.9. The number of anilines is 1. The summed E-state index contributed by atoms with van der Waals surface area (Å²) in [5.74, 6) is 6.37. The van der Waals surface area contributed by atoms with Gasteiger partial charge in [-0.15, -0.1) is 0 Å². The predicted molar refractivity (Wildman–Crippen MR) is 50.6 cm³/mol. The van der Waals surface area contributed by atoms with Crippen molar-refractivity contribution in [2.75, 3.05) is 18.3 Å². The van der Waals surface area contributed by atoms with E-state index in [-0.39, 0.29) is 6.01 Å². The first-order valence-electron chi connectivity index (χ1n) is 3.69. The summed E-state index contributed by atoms with van der Waals surface area (Å²) in [6.07, 6.45) is 0. The van der Waals surface area contributed by atoms with E-state index in [1.807, 2.05) is 6.92 Å². The second-order valence-corrected chi connectivity index (χ2v) is 3.24. The Morgan fingerprint density at radius 1 is 1.46 bits per heavy atom. The van der Waals surface area contributed by atoms with E-state index in [9.17, 15) is 0 Å². The topological polar surface area (TPSA) is 86.0 Å². The van der Waals surface area contributed by atoms with E-state index in [0.717, 1.165) is 5.75 Å². The van der Waals surface area contributed by atoms with Crippen LogP contribution in [-0.2, 0) is 0 Å². The van der Waals surface area contributed by atoms with Crippen LogP contribution >= 0.6 is 11.8 Å². The first kappa shape index (κ1) is 10.0. The molecule has 0 amide bonds. The van der Waals surface area contributed by atoms with Crippen molar-refractivity contribution in [2.45, 2.75) is 12.1 Å². The molecule has 0 aliphatic carbocycles. The van der Waals surface area contributed by atoms with Crippen molar-refractivity contribution in [1.29, 1.82) is 0 Å². The zero-order chi connectivity index (χ0) is 9.68. The van der Waals surface area contributed by atoms with Gasteiger partial charge in [0, 0.05) is 0 Å². The van der Waals surface area contributed by atoms with Gasteiger partial charge in [-0.2, -0.15) is 15.0 Å². The van der Waals surface area contributed by atoms with Crippen LogP contribution in [0.15, 0.2) is 5.16 Å². The molecule has 1 aromatic heterocycles. The van der Waals surface area contributed by atoms with E-state index in [2.05, 4.69) is 20.4 Å². The van der Waals surface area contributed by atoms with Gasteiger partial charge in [0.25, 0.3) is 0 Å². The average Bonchev–Trinajstić information content (AvgIpc) is 2.17. The molecule has 0 aromatic carbocycles. The molecule has 3 N–H and O–H groups in total. The van der Waals surface area contributed by atoms with Gasteiger partial charge in [-0.3, -0.25) is 5.43 Å². The zero-order valence-electron chi connectivity index (χ0n) is 7.44. The molecule has 0 radical (unpaired) electrons. The number of aromatic nitrogens is 3. The van der Waals surface area contributed by atoms with Crippen molar-refractivity contribution >= 4 is 17.7 Å². The van der Waals surface area contributed by atoms with E-state index in [0.29, 0.717) is 11.1 Å². The molecule has 6 nitrogen and oxygen atoms in total. The lowest BCUT2D eigenvalue weighted by Crippen LogP contribution is -2.12. The molecule has 72 valence electrons. The van der Waals surface area contributed by atoms with Crippen LogP contribution in [0, 0.1) is 0 Å². The fourth-order valence-electron chi connectivity index (χ4n) is 0.687. The normalized spacial score (nSPS) is 9.77. The summed E-state index contributed by atoms with van der Waals surface area (Å²) in [6, 6.07) is 0.263. The second-order valence-electron chi connectivity index (χ2n) is 2.01. The maximum Gasteiger partial charge on any atom is 0.321 e. The van der Waals surface area contributed by atoms with Gasteiger partial charge in [-0.1, -0.05) is 18.7 Å². The highest BCUT2D eigenvalue weighted by atomic mass is 32.2. The molecular formula is C6H11N5OS. The molecule has 1 heterocycles. The Morgan fingerprint density at radius 3 is 2.77 bits per heavy atom. The maximum absolute atomic E-state index is 5.17. The Labute approximate surface area is 80.3 Å². The third-order valence-electron chi connectivity index (χ3n) is 1.18. The number of nitrogens with two attached hydrogens (primary N) is 1. The van der Waals surface area contributed by atoms with Gasteiger partial charge in [0.05, 0.1) is 7.11 Å². The number of ether oxygens (including phenoxy) is 1. The molecule has 1 rings (SSSR count). The number of thioether (sulfide) groups is 1. The fraction of sp³-hybridized carbons (Fsp3) is 0.500. The van der Waals surface area contributed by atoms with Gasteiger partial charge in [-0.25, -0.2) is 5.84 Å². The molecule has 0 fully saturated rings. The molecule has 0 aliphatic heterocycles. The standard InChI is InChI=1S/C6H11N5OS/c1-3-13-6-9-4(11-7)8-5(10-6)12-2/h3,7H2,1-2H3,(H,8,9,10,11). The van der Waals surface area contributed by atoms with Crippen LogP contribution in [-0.4, -0.2) is 27.8 Å². The summed E-state index contributed by atoms with van der Waals surface area (Å²) in [6.45, 7) is 2.01. The minimum atomic E-state index is 0.263. The number of methoxy groups -OCH3 is 1. The molecule has 7 heteroatoms. The zero-order valence-corrected chi connectivity index (χ0v) is 8.26. The summed E-state index contributed by atoms with van der Waals surface area (Å²) in [7, 11) is 1.50. The molecule has 0 saturated carbocycles. The van der Waals surface area contributed by atoms with Crippen LogP contribution < -0.4 is 16.0 Å². The molecule has 0 atom stereocenters. The van der Waals surface area contributed by atoms with Crippen LogP contribution in [0.4, 0.5) is 5.95 Å². The molecule has 0 unspecified atom stereocenters. The van der Waals surface area contributed by atoms with Crippen LogP contribution in [0.25, 0.3) is 0 Å². The highest BCUT2D eigenvalue weighted by Crippen LogP contribution is 2.15. The lowest BCUT2D eigenvalue weighted by Gasteiger charge is -2.03. The number of nitrogens with one attached hydrogen (secondary N) is 1. The van der Waals surface area contributed by atoms with Crippen molar-refractivity contribution in [1.82, 2.24) is 15.0 Å². The maximum atomic E-state index is 5.17. The third-order valence-corrected chi connectivity index (χ3v) is 1.91. The van der Waals surface area contributed by atoms with Crippen molar-refractivity contribution in [3.63, 3.8) is 0 Å². The number of hydrogen-bond acceptors (Lipinski definition) is 7. The molecule has 0 spiro atoms. The molecule has 13 heavy (non-hydrogen) atoms. The minimum absolute atomic E-state index is 0.263. The fourth-order valence-corrected chi connectivity index (χ4v) is 1.24. The Morgan fingerprint density at radius 2 is 2.23 bits per heavy atom. The van der Waals surface area contributed by atoms with Gasteiger partial charge < -0.3 is 4.74 Å². The Hall–Kier alpha value is -1.08. The summed E-state index contributed by atoms with van der Waals surface area (Å²) >= 11 is 1.50. The monoisotopic (exact) mass is 201 g/mol. The summed E-state index contributed by atoms with van der Waals surface area (Å²) in [4.78, 5) is 11.9. The molecular weight excluding hydrogens is 190 g/mol. The van der Waals surface area contributed by atoms with Gasteiger partial charge >= 0.3 is 6.01 Å². The third kappa shape index (κ3) is 2.71. The van der Waals surface area contributed by atoms with E-state index >= 15 is 0 Å². The Bertz CT molecular complexity index is 259. The first-order valence-corrected chi connectivity index (χ1v) is 4.68. The van der Waals surface area contributed by atoms with E-state index in [1.165, 1.54) is 18.9 Å². The SMILES string of the molecule is CCSc1nc(NN)nc(OC)n1. The minimum Gasteiger partial charge on any atom is -0.467 e. The smallest absolute Gasteiger partial charge is 0.321 e. The molecule has 0 aliphatic rings. The van der Waals surface area contributed by atoms with Crippen LogP contribution in [0.1, 0.15) is 6.92 Å². The van der Waals surface area contributed by atoms with E-state index in [1.54, 1.807) is 0 Å². The van der Waals surface area contributed by atoms with Gasteiger partial charge in [-0.05, 0) is 5.75 Å². The Balaban J connectivity index is 2.93. The average molecular weight is 201 g/mol. The predicted octanol–water partition coefficient (Wildman–Crippen LogP) is 0.278. The van der Waals surface area contributed by atoms with Crippen molar-refractivity contribution in [3.05, 3.63) is 0 Å². The lowest BCUT2D eigenvalue weighted by molar-refractivity contribution is 0.373. The molecule has 0 bridgehead atoms. The number of hydrazine groups is 1. The number of nitrogen functional groups attached to an aromatic ring is 1. The van der Waals surface area contributed by atoms with Gasteiger partial charge in [0.15, 0.2) is 5.16 Å². The van der Waals surface area contributed by atoms with E-state index in [4.69, 9.17) is 10.6 Å². The van der Waals surface area contributed by atoms with Gasteiger partial charge in [0.2, 0.25) is 5.95 Å². The van der Waals surface area contributed by atoms with Crippen molar-refractivity contribution in [2.24, 2.45) is 5.84 Å². The number of rotatable bonds is 4. The van der Waals surface area contributed by atoms with Crippen molar-refractivity contribution in [3.8, 4) is 6.01 Å². The summed E-state index contributed by atoms with van der Waals surface area (Å²) in [5.41, 5.74) is 2.34. The highest BCUT2D eigenvalue weighted by Gasteiger charge is 2.04. The molecule has 1 aromatic rings.